The van der Waals surface area contributed by atoms with E-state index < -0.39 is 0 Å². The number of hydrogen-bond acceptors (Lipinski definition) is 5. The Hall–Kier alpha value is -2.34. The quantitative estimate of drug-likeness (QED) is 0.803. The zero-order chi connectivity index (χ0) is 17.4. The Balaban J connectivity index is 1.87. The molecule has 1 aliphatic rings. The summed E-state index contributed by atoms with van der Waals surface area (Å²) in [4.78, 5) is 21.9. The number of fused-ring (bicyclic) bond motifs is 1. The van der Waals surface area contributed by atoms with Crippen LogP contribution in [-0.2, 0) is 19.5 Å². The number of aromatic nitrogens is 2. The van der Waals surface area contributed by atoms with Crippen LogP contribution in [0.2, 0.25) is 0 Å². The van der Waals surface area contributed by atoms with Gasteiger partial charge >= 0.3 is 0 Å². The summed E-state index contributed by atoms with van der Waals surface area (Å²) in [5, 5.41) is 19.6. The van der Waals surface area contributed by atoms with E-state index in [0.717, 1.165) is 28.9 Å². The topological polar surface area (TPSA) is 89.4 Å². The van der Waals surface area contributed by atoms with Crippen molar-refractivity contribution < 1.29 is 10.2 Å². The van der Waals surface area contributed by atoms with Crippen LogP contribution in [0.3, 0.4) is 0 Å². The van der Waals surface area contributed by atoms with Crippen LogP contribution in [0.5, 0.6) is 11.5 Å². The van der Waals surface area contributed by atoms with Crippen molar-refractivity contribution in [2.24, 2.45) is 0 Å². The highest BCUT2D eigenvalue weighted by Crippen LogP contribution is 2.29. The van der Waals surface area contributed by atoms with Gasteiger partial charge in [0.1, 0.15) is 17.3 Å². The maximum Gasteiger partial charge on any atom is 0.254 e. The number of nitrogens with zero attached hydrogens (tertiary/aromatic N) is 2. The van der Waals surface area contributed by atoms with Gasteiger partial charge in [0.2, 0.25) is 0 Å². The summed E-state index contributed by atoms with van der Waals surface area (Å²) in [6, 6.07) is 3.01. The van der Waals surface area contributed by atoms with Crippen molar-refractivity contribution in [3.8, 4) is 11.5 Å². The minimum absolute atomic E-state index is 0.0352. The maximum absolute atomic E-state index is 12.2. The molecule has 0 fully saturated rings. The molecule has 0 unspecified atom stereocenters. The number of aromatic hydroxyl groups is 2. The lowest BCUT2D eigenvalue weighted by atomic mass is 10.0. The molecule has 0 aliphatic carbocycles. The van der Waals surface area contributed by atoms with Gasteiger partial charge in [0.25, 0.3) is 5.56 Å². The van der Waals surface area contributed by atoms with Gasteiger partial charge in [-0.1, -0.05) is 13.8 Å². The molecular weight excluding hydrogens is 306 g/mol. The predicted octanol–water partition coefficient (Wildman–Crippen LogP) is 2.17. The molecule has 0 amide bonds. The highest BCUT2D eigenvalue weighted by Gasteiger charge is 2.23. The maximum atomic E-state index is 12.2. The minimum atomic E-state index is -0.0352. The molecule has 2 aromatic rings. The van der Waals surface area contributed by atoms with Crippen molar-refractivity contribution in [1.29, 1.82) is 0 Å². The van der Waals surface area contributed by atoms with Crippen molar-refractivity contribution in [3.63, 3.8) is 0 Å². The Morgan fingerprint density at radius 2 is 2.08 bits per heavy atom. The van der Waals surface area contributed by atoms with E-state index in [2.05, 4.69) is 14.9 Å². The van der Waals surface area contributed by atoms with Gasteiger partial charge < -0.3 is 15.2 Å². The Labute approximate surface area is 140 Å². The lowest BCUT2D eigenvalue weighted by Crippen LogP contribution is -2.35. The first-order valence-corrected chi connectivity index (χ1v) is 8.21. The van der Waals surface area contributed by atoms with Crippen LogP contribution < -0.4 is 5.56 Å². The highest BCUT2D eigenvalue weighted by molar-refractivity contribution is 5.44. The largest absolute Gasteiger partial charge is 0.508 e. The summed E-state index contributed by atoms with van der Waals surface area (Å²) in [5.41, 5.74) is 3.20. The molecule has 3 rings (SSSR count). The van der Waals surface area contributed by atoms with Gasteiger partial charge in [0.05, 0.1) is 5.69 Å². The number of hydrogen-bond donors (Lipinski definition) is 3. The van der Waals surface area contributed by atoms with Crippen LogP contribution in [0.25, 0.3) is 0 Å². The van der Waals surface area contributed by atoms with Gasteiger partial charge in [-0.25, -0.2) is 4.98 Å². The monoisotopic (exact) mass is 329 g/mol. The summed E-state index contributed by atoms with van der Waals surface area (Å²) >= 11 is 0. The number of phenolic OH excluding ortho intramolecular Hbond substituents is 2. The average Bonchev–Trinajstić information content (AvgIpc) is 2.50. The molecule has 6 heteroatoms. The standard InChI is InChI=1S/C18H23N3O3/c1-10(2)17-19-15-9-21(5-4-13(15)18(24)20-17)8-14-11(3)6-12(22)7-16(14)23/h6-7,10,22-23H,4-5,8-9H2,1-3H3,(H,19,20,24). The van der Waals surface area contributed by atoms with Gasteiger partial charge in [-0.05, 0) is 25.0 Å². The van der Waals surface area contributed by atoms with E-state index in [4.69, 9.17) is 0 Å². The van der Waals surface area contributed by atoms with Crippen LogP contribution in [-0.4, -0.2) is 31.6 Å². The molecule has 3 N–H and O–H groups in total. The van der Waals surface area contributed by atoms with E-state index in [9.17, 15) is 15.0 Å². The van der Waals surface area contributed by atoms with Gasteiger partial charge in [-0.3, -0.25) is 9.69 Å². The molecule has 0 spiro atoms. The fourth-order valence-electron chi connectivity index (χ4n) is 3.13. The third-order valence-corrected chi connectivity index (χ3v) is 4.53. The van der Waals surface area contributed by atoms with E-state index >= 15 is 0 Å². The number of rotatable bonds is 3. The first kappa shape index (κ1) is 16.5. The first-order chi connectivity index (χ1) is 11.3. The van der Waals surface area contributed by atoms with Crippen molar-refractivity contribution >= 4 is 0 Å². The SMILES string of the molecule is Cc1cc(O)cc(O)c1CN1CCc2c(nc(C(C)C)[nH]c2=O)C1. The van der Waals surface area contributed by atoms with Crippen molar-refractivity contribution in [2.75, 3.05) is 6.54 Å². The molecule has 0 atom stereocenters. The molecule has 0 saturated carbocycles. The van der Waals surface area contributed by atoms with E-state index in [0.29, 0.717) is 25.3 Å². The number of benzene rings is 1. The summed E-state index contributed by atoms with van der Waals surface area (Å²) in [6.45, 7) is 7.75. The number of H-pyrrole nitrogens is 1. The van der Waals surface area contributed by atoms with E-state index in [1.54, 1.807) is 6.07 Å². The van der Waals surface area contributed by atoms with Crippen LogP contribution in [0.15, 0.2) is 16.9 Å². The normalized spacial score (nSPS) is 14.8. The Morgan fingerprint density at radius 3 is 2.75 bits per heavy atom. The van der Waals surface area contributed by atoms with Crippen LogP contribution in [0.1, 0.15) is 48.0 Å². The molecule has 1 aromatic carbocycles. The summed E-state index contributed by atoms with van der Waals surface area (Å²) < 4.78 is 0. The molecule has 0 radical (unpaired) electrons. The molecule has 0 bridgehead atoms. The van der Waals surface area contributed by atoms with Crippen molar-refractivity contribution in [3.05, 3.63) is 50.7 Å². The second-order valence-corrected chi connectivity index (χ2v) is 6.75. The molecule has 24 heavy (non-hydrogen) atoms. The number of nitrogens with one attached hydrogen (secondary N) is 1. The summed E-state index contributed by atoms with van der Waals surface area (Å²) in [7, 11) is 0. The fourth-order valence-corrected chi connectivity index (χ4v) is 3.13. The van der Waals surface area contributed by atoms with Gasteiger partial charge in [-0.2, -0.15) is 0 Å². The van der Waals surface area contributed by atoms with Crippen LogP contribution in [0, 0.1) is 6.92 Å². The zero-order valence-electron chi connectivity index (χ0n) is 14.3. The minimum Gasteiger partial charge on any atom is -0.508 e. The fraction of sp³-hybridized carbons (Fsp3) is 0.444. The first-order valence-electron chi connectivity index (χ1n) is 8.21. The zero-order valence-corrected chi connectivity index (χ0v) is 14.3. The average molecular weight is 329 g/mol. The van der Waals surface area contributed by atoms with E-state index in [1.807, 2.05) is 20.8 Å². The smallest absolute Gasteiger partial charge is 0.254 e. The summed E-state index contributed by atoms with van der Waals surface area (Å²) in [5.74, 6) is 1.04. The second-order valence-electron chi connectivity index (χ2n) is 6.75. The van der Waals surface area contributed by atoms with Crippen LogP contribution >= 0.6 is 0 Å². The van der Waals surface area contributed by atoms with Crippen molar-refractivity contribution in [2.45, 2.75) is 46.2 Å². The summed E-state index contributed by atoms with van der Waals surface area (Å²) in [6.07, 6.45) is 0.647. The number of aryl methyl sites for hydroxylation is 1. The lowest BCUT2D eigenvalue weighted by Gasteiger charge is -2.28. The molecule has 0 saturated heterocycles. The molecular formula is C18H23N3O3. The van der Waals surface area contributed by atoms with E-state index in [1.165, 1.54) is 6.07 Å². The Kier molecular flexibility index (Phi) is 4.32. The molecule has 128 valence electrons. The number of phenols is 2. The second kappa shape index (κ2) is 6.28. The van der Waals surface area contributed by atoms with E-state index in [-0.39, 0.29) is 23.0 Å². The van der Waals surface area contributed by atoms with Gasteiger partial charge in [-0.15, -0.1) is 0 Å². The molecule has 6 nitrogen and oxygen atoms in total. The molecule has 2 heterocycles. The Morgan fingerprint density at radius 1 is 1.33 bits per heavy atom. The van der Waals surface area contributed by atoms with Crippen molar-refractivity contribution in [1.82, 2.24) is 14.9 Å². The lowest BCUT2D eigenvalue weighted by molar-refractivity contribution is 0.236. The third kappa shape index (κ3) is 3.14. The molecule has 1 aromatic heterocycles. The van der Waals surface area contributed by atoms with Crippen LogP contribution in [0.4, 0.5) is 0 Å². The Bertz CT molecular complexity index is 804. The van der Waals surface area contributed by atoms with Gasteiger partial charge in [0, 0.05) is 42.7 Å². The third-order valence-electron chi connectivity index (χ3n) is 4.53. The van der Waals surface area contributed by atoms with Gasteiger partial charge in [0.15, 0.2) is 0 Å². The highest BCUT2D eigenvalue weighted by atomic mass is 16.3. The number of aromatic amines is 1. The molecule has 1 aliphatic heterocycles. The predicted molar refractivity (Wildman–Crippen MR) is 91.3 cm³/mol.